The molecule has 0 saturated carbocycles. The zero-order valence-electron chi connectivity index (χ0n) is 12.5. The van der Waals surface area contributed by atoms with E-state index in [1.807, 2.05) is 6.07 Å². The zero-order chi connectivity index (χ0) is 15.4. The second-order valence-corrected chi connectivity index (χ2v) is 6.89. The summed E-state index contributed by atoms with van der Waals surface area (Å²) in [7, 11) is 0. The number of nitrogens with zero attached hydrogens (tertiary/aromatic N) is 2. The molecule has 0 bridgehead atoms. The Bertz CT molecular complexity index is 500. The van der Waals surface area contributed by atoms with Gasteiger partial charge in [-0.2, -0.15) is 0 Å². The molecule has 1 saturated heterocycles. The minimum Gasteiger partial charge on any atom is -0.382 e. The molecule has 116 valence electrons. The smallest absolute Gasteiger partial charge is 0.285 e. The number of benzene rings is 1. The molecule has 0 spiro atoms. The lowest BCUT2D eigenvalue weighted by molar-refractivity contribution is -0.385. The summed E-state index contributed by atoms with van der Waals surface area (Å²) in [6.45, 7) is 7.82. The van der Waals surface area contributed by atoms with E-state index in [9.17, 15) is 10.1 Å². The third-order valence-corrected chi connectivity index (χ3v) is 4.40. The third kappa shape index (κ3) is 4.68. The number of nitrogens with one attached hydrogen (secondary N) is 1. The van der Waals surface area contributed by atoms with E-state index in [0.29, 0.717) is 16.4 Å². The van der Waals surface area contributed by atoms with E-state index in [4.69, 9.17) is 0 Å². The van der Waals surface area contributed by atoms with Crippen molar-refractivity contribution in [3.8, 4) is 0 Å². The van der Waals surface area contributed by atoms with E-state index in [-0.39, 0.29) is 10.6 Å². The molecule has 2 rings (SSSR count). The predicted molar refractivity (Wildman–Crippen MR) is 88.7 cm³/mol. The van der Waals surface area contributed by atoms with Crippen LogP contribution in [0.2, 0.25) is 0 Å². The Morgan fingerprint density at radius 1 is 1.43 bits per heavy atom. The highest BCUT2D eigenvalue weighted by Gasteiger charge is 2.20. The Balaban J connectivity index is 1.92. The molecule has 1 aliphatic heterocycles. The Labute approximate surface area is 134 Å². The minimum atomic E-state index is -0.361. The molecule has 1 aromatic carbocycles. The number of nitro benzene ring substituents is 1. The summed E-state index contributed by atoms with van der Waals surface area (Å²) in [6.07, 6.45) is 2.16. The first-order valence-corrected chi connectivity index (χ1v) is 8.18. The molecule has 0 amide bonds. The first kappa shape index (κ1) is 16.2. The first-order valence-electron chi connectivity index (χ1n) is 7.38. The highest BCUT2D eigenvalue weighted by atomic mass is 79.9. The first-order chi connectivity index (χ1) is 9.95. The topological polar surface area (TPSA) is 58.4 Å². The molecule has 1 fully saturated rings. The van der Waals surface area contributed by atoms with Crippen LogP contribution in [0.4, 0.5) is 11.4 Å². The maximum atomic E-state index is 11.0. The van der Waals surface area contributed by atoms with Gasteiger partial charge in [0.25, 0.3) is 5.69 Å². The van der Waals surface area contributed by atoms with Crippen LogP contribution >= 0.6 is 15.9 Å². The van der Waals surface area contributed by atoms with Gasteiger partial charge in [-0.3, -0.25) is 10.1 Å². The number of hydrogen-bond acceptors (Lipinski definition) is 4. The van der Waals surface area contributed by atoms with Crippen LogP contribution in [-0.4, -0.2) is 35.5 Å². The molecule has 0 radical (unpaired) electrons. The summed E-state index contributed by atoms with van der Waals surface area (Å²) in [6, 6.07) is 5.62. The summed E-state index contributed by atoms with van der Waals surface area (Å²) >= 11 is 3.21. The van der Waals surface area contributed by atoms with Gasteiger partial charge in [0.05, 0.1) is 9.40 Å². The van der Waals surface area contributed by atoms with Gasteiger partial charge in [-0.05, 0) is 46.8 Å². The van der Waals surface area contributed by atoms with Gasteiger partial charge in [0.1, 0.15) is 0 Å². The largest absolute Gasteiger partial charge is 0.382 e. The molecule has 1 aliphatic rings. The van der Waals surface area contributed by atoms with Crippen molar-refractivity contribution in [2.75, 3.05) is 25.0 Å². The molecule has 1 N–H and O–H groups in total. The number of anilines is 1. The number of halogens is 1. The van der Waals surface area contributed by atoms with E-state index in [2.05, 4.69) is 40.0 Å². The van der Waals surface area contributed by atoms with E-state index >= 15 is 0 Å². The Morgan fingerprint density at radius 2 is 2.10 bits per heavy atom. The predicted octanol–water partition coefficient (Wildman–Crippen LogP) is 3.89. The highest BCUT2D eigenvalue weighted by molar-refractivity contribution is 9.10. The fourth-order valence-corrected chi connectivity index (χ4v) is 3.15. The minimum absolute atomic E-state index is 0.109. The van der Waals surface area contributed by atoms with E-state index < -0.39 is 0 Å². The molecular weight excluding hydrogens is 334 g/mol. The van der Waals surface area contributed by atoms with Gasteiger partial charge in [-0.1, -0.05) is 13.8 Å². The lowest BCUT2D eigenvalue weighted by atomic mass is 10.0. The summed E-state index contributed by atoms with van der Waals surface area (Å²) in [5.41, 5.74) is 0.935. The quantitative estimate of drug-likeness (QED) is 0.642. The maximum absolute atomic E-state index is 11.0. The van der Waals surface area contributed by atoms with Crippen LogP contribution in [-0.2, 0) is 0 Å². The van der Waals surface area contributed by atoms with Gasteiger partial charge in [0.15, 0.2) is 0 Å². The van der Waals surface area contributed by atoms with Gasteiger partial charge in [0.2, 0.25) is 0 Å². The summed E-state index contributed by atoms with van der Waals surface area (Å²) in [4.78, 5) is 13.1. The second-order valence-electron chi connectivity index (χ2n) is 6.04. The normalized spacial score (nSPS) is 17.1. The van der Waals surface area contributed by atoms with Gasteiger partial charge in [0, 0.05) is 37.4 Å². The lowest BCUT2D eigenvalue weighted by Gasteiger charge is -2.33. The van der Waals surface area contributed by atoms with Crippen LogP contribution in [0, 0.1) is 16.0 Å². The third-order valence-electron chi connectivity index (χ3n) is 3.72. The summed E-state index contributed by atoms with van der Waals surface area (Å²) in [5, 5.41) is 14.4. The van der Waals surface area contributed by atoms with Gasteiger partial charge >= 0.3 is 0 Å². The van der Waals surface area contributed by atoms with Crippen molar-refractivity contribution in [1.29, 1.82) is 0 Å². The Morgan fingerprint density at radius 3 is 2.67 bits per heavy atom. The lowest BCUT2D eigenvalue weighted by Crippen LogP contribution is -2.40. The second kappa shape index (κ2) is 7.22. The van der Waals surface area contributed by atoms with Crippen LogP contribution in [0.5, 0.6) is 0 Å². The van der Waals surface area contributed by atoms with E-state index in [1.165, 1.54) is 0 Å². The van der Waals surface area contributed by atoms with Crippen LogP contribution in [0.1, 0.15) is 26.7 Å². The van der Waals surface area contributed by atoms with Crippen molar-refractivity contribution in [2.24, 2.45) is 5.92 Å². The number of hydrogen-bond donors (Lipinski definition) is 1. The Kier molecular flexibility index (Phi) is 5.58. The molecule has 1 heterocycles. The average Bonchev–Trinajstić information content (AvgIpc) is 2.42. The van der Waals surface area contributed by atoms with Gasteiger partial charge < -0.3 is 10.2 Å². The van der Waals surface area contributed by atoms with Crippen molar-refractivity contribution >= 4 is 27.3 Å². The van der Waals surface area contributed by atoms with Crippen molar-refractivity contribution < 1.29 is 4.92 Å². The van der Waals surface area contributed by atoms with Gasteiger partial charge in [-0.25, -0.2) is 0 Å². The monoisotopic (exact) mass is 355 g/mol. The fourth-order valence-electron chi connectivity index (χ4n) is 2.75. The SMILES string of the molecule is CC(C)CN1CCC(Nc2ccc(Br)c([N+](=O)[O-])c2)CC1. The van der Waals surface area contributed by atoms with Crippen molar-refractivity contribution in [2.45, 2.75) is 32.7 Å². The van der Waals surface area contributed by atoms with Crippen LogP contribution in [0.3, 0.4) is 0 Å². The van der Waals surface area contributed by atoms with Crippen molar-refractivity contribution in [3.63, 3.8) is 0 Å². The van der Waals surface area contributed by atoms with Crippen LogP contribution in [0.15, 0.2) is 22.7 Å². The molecule has 6 heteroatoms. The standard InChI is InChI=1S/C15H22BrN3O2/c1-11(2)10-18-7-5-12(6-8-18)17-13-3-4-14(16)15(9-13)19(20)21/h3-4,9,11-12,17H,5-8,10H2,1-2H3. The molecule has 0 aromatic heterocycles. The molecule has 5 nitrogen and oxygen atoms in total. The molecule has 0 atom stereocenters. The number of likely N-dealkylation sites (tertiary alicyclic amines) is 1. The number of piperidine rings is 1. The molecule has 1 aromatic rings. The molecule has 0 aliphatic carbocycles. The van der Waals surface area contributed by atoms with E-state index in [0.717, 1.165) is 38.2 Å². The Hall–Kier alpha value is -1.14. The number of nitro groups is 1. The molecule has 21 heavy (non-hydrogen) atoms. The molecular formula is C15H22BrN3O2. The van der Waals surface area contributed by atoms with Crippen molar-refractivity contribution in [3.05, 3.63) is 32.8 Å². The summed E-state index contributed by atoms with van der Waals surface area (Å²) < 4.78 is 0.518. The van der Waals surface area contributed by atoms with E-state index in [1.54, 1.807) is 12.1 Å². The summed E-state index contributed by atoms with van der Waals surface area (Å²) in [5.74, 6) is 0.698. The average molecular weight is 356 g/mol. The number of rotatable bonds is 5. The molecule has 0 unspecified atom stereocenters. The highest BCUT2D eigenvalue weighted by Crippen LogP contribution is 2.28. The van der Waals surface area contributed by atoms with Gasteiger partial charge in [-0.15, -0.1) is 0 Å². The van der Waals surface area contributed by atoms with Crippen molar-refractivity contribution in [1.82, 2.24) is 4.90 Å². The zero-order valence-corrected chi connectivity index (χ0v) is 14.1. The van der Waals surface area contributed by atoms with Crippen LogP contribution in [0.25, 0.3) is 0 Å². The maximum Gasteiger partial charge on any atom is 0.285 e. The fraction of sp³-hybridized carbons (Fsp3) is 0.600. The van der Waals surface area contributed by atoms with Crippen LogP contribution < -0.4 is 5.32 Å².